The highest BCUT2D eigenvalue weighted by atomic mass is 16.5. The molecule has 0 atom stereocenters. The predicted molar refractivity (Wildman–Crippen MR) is 200 cm³/mol. The number of benzene rings is 2. The van der Waals surface area contributed by atoms with Crippen molar-refractivity contribution in [2.24, 2.45) is 0 Å². The highest BCUT2D eigenvalue weighted by molar-refractivity contribution is 5.53. The fourth-order valence-corrected chi connectivity index (χ4v) is 4.98. The molecule has 268 valence electrons. The molecule has 0 bridgehead atoms. The third-order valence-electron chi connectivity index (χ3n) is 8.06. The average Bonchev–Trinajstić information content (AvgIpc) is 2.95. The lowest BCUT2D eigenvalue weighted by molar-refractivity contribution is -0.108. The molecule has 5 nitrogen and oxygen atoms in total. The number of aromatic hydroxyl groups is 1. The van der Waals surface area contributed by atoms with Crippen molar-refractivity contribution >= 4 is 12.6 Å². The van der Waals surface area contributed by atoms with Gasteiger partial charge >= 0.3 is 0 Å². The maximum absolute atomic E-state index is 10.6. The molecule has 0 spiro atoms. The van der Waals surface area contributed by atoms with E-state index in [4.69, 9.17) is 9.47 Å². The summed E-state index contributed by atoms with van der Waals surface area (Å²) in [6, 6.07) is 10.9. The number of carbonyl (C=O) groups excluding carboxylic acids is 2. The van der Waals surface area contributed by atoms with Gasteiger partial charge in [-0.1, -0.05) is 126 Å². The maximum Gasteiger partial charge on any atom is 0.123 e. The van der Waals surface area contributed by atoms with Crippen LogP contribution in [0.15, 0.2) is 30.3 Å². The van der Waals surface area contributed by atoms with Crippen molar-refractivity contribution in [2.45, 2.75) is 156 Å². The minimum Gasteiger partial charge on any atom is -0.507 e. The van der Waals surface area contributed by atoms with Crippen LogP contribution in [0.1, 0.15) is 155 Å². The summed E-state index contributed by atoms with van der Waals surface area (Å²) in [5.74, 6) is 0.398. The Bertz CT molecular complexity index is 1110. The molecule has 0 saturated heterocycles. The average molecular weight is 655 g/mol. The van der Waals surface area contributed by atoms with E-state index >= 15 is 0 Å². The van der Waals surface area contributed by atoms with E-state index < -0.39 is 0 Å². The number of phenols is 1. The molecule has 5 heteroatoms. The highest BCUT2D eigenvalue weighted by Gasteiger charge is 2.26. The quantitative estimate of drug-likeness (QED) is 0.172. The van der Waals surface area contributed by atoms with Crippen LogP contribution in [0.3, 0.4) is 0 Å². The first-order chi connectivity index (χ1) is 21.6. The fraction of sp³-hybridized carbons (Fsp3) is 0.667. The zero-order valence-corrected chi connectivity index (χ0v) is 32.7. The second-order valence-corrected chi connectivity index (χ2v) is 16.8. The molecule has 0 aliphatic carbocycles. The van der Waals surface area contributed by atoms with Crippen LogP contribution in [0.2, 0.25) is 0 Å². The SMILES string of the molecule is CC(C)(C)c1cc(CCC=O)cc(C(C)(C)C)c1.CC(C)(C)c1cc(CCC=O)cc(C(C)(C)C)c1O.COCCCCCCOC. The van der Waals surface area contributed by atoms with E-state index in [0.717, 1.165) is 55.3 Å². The Labute approximate surface area is 289 Å². The lowest BCUT2D eigenvalue weighted by Crippen LogP contribution is -2.18. The van der Waals surface area contributed by atoms with Crippen LogP contribution in [-0.4, -0.2) is 45.1 Å². The molecule has 0 amide bonds. The zero-order valence-electron chi connectivity index (χ0n) is 32.7. The van der Waals surface area contributed by atoms with Crippen LogP contribution in [0, 0.1) is 0 Å². The van der Waals surface area contributed by atoms with Crippen molar-refractivity contribution in [2.75, 3.05) is 27.4 Å². The Morgan fingerprint density at radius 1 is 0.532 bits per heavy atom. The molecular formula is C42H70O5. The third kappa shape index (κ3) is 18.0. The number of unbranched alkanes of at least 4 members (excludes halogenated alkanes) is 3. The van der Waals surface area contributed by atoms with Gasteiger partial charge in [0.2, 0.25) is 0 Å². The number of phenolic OH excluding ortho intramolecular Hbond substituents is 1. The minimum absolute atomic E-state index is 0.110. The number of ether oxygens (including phenoxy) is 2. The van der Waals surface area contributed by atoms with Gasteiger partial charge in [0.1, 0.15) is 18.3 Å². The van der Waals surface area contributed by atoms with Crippen molar-refractivity contribution < 1.29 is 24.2 Å². The molecule has 2 aromatic rings. The number of methoxy groups -OCH3 is 2. The van der Waals surface area contributed by atoms with Crippen molar-refractivity contribution in [3.8, 4) is 5.75 Å². The molecule has 0 unspecified atom stereocenters. The Morgan fingerprint density at radius 2 is 0.872 bits per heavy atom. The second kappa shape index (κ2) is 20.8. The van der Waals surface area contributed by atoms with Gasteiger partial charge in [-0.2, -0.15) is 0 Å². The smallest absolute Gasteiger partial charge is 0.123 e. The molecule has 2 rings (SSSR count). The van der Waals surface area contributed by atoms with Gasteiger partial charge in [0.25, 0.3) is 0 Å². The van der Waals surface area contributed by atoms with Crippen LogP contribution in [0.4, 0.5) is 0 Å². The van der Waals surface area contributed by atoms with Gasteiger partial charge in [0.15, 0.2) is 0 Å². The van der Waals surface area contributed by atoms with Gasteiger partial charge in [0.05, 0.1) is 0 Å². The van der Waals surface area contributed by atoms with E-state index in [1.165, 1.54) is 42.4 Å². The lowest BCUT2D eigenvalue weighted by atomic mass is 9.78. The van der Waals surface area contributed by atoms with Gasteiger partial charge in [0, 0.05) is 40.3 Å². The molecule has 47 heavy (non-hydrogen) atoms. The molecular weight excluding hydrogens is 584 g/mol. The van der Waals surface area contributed by atoms with E-state index in [2.05, 4.69) is 101 Å². The van der Waals surface area contributed by atoms with Gasteiger partial charge in [-0.05, 0) is 80.7 Å². The van der Waals surface area contributed by atoms with Gasteiger partial charge in [-0.3, -0.25) is 0 Å². The molecule has 1 N–H and O–H groups in total. The molecule has 0 radical (unpaired) electrons. The summed E-state index contributed by atoms with van der Waals surface area (Å²) in [5, 5.41) is 10.5. The Kier molecular flexibility index (Phi) is 19.7. The number of aryl methyl sites for hydroxylation is 2. The Hall–Kier alpha value is -2.50. The fourth-order valence-electron chi connectivity index (χ4n) is 4.98. The summed E-state index contributed by atoms with van der Waals surface area (Å²) < 4.78 is 9.83. The summed E-state index contributed by atoms with van der Waals surface area (Å²) >= 11 is 0. The third-order valence-corrected chi connectivity index (χ3v) is 8.06. The molecule has 0 heterocycles. The maximum atomic E-state index is 10.6. The van der Waals surface area contributed by atoms with Gasteiger partial charge in [-0.25, -0.2) is 0 Å². The van der Waals surface area contributed by atoms with E-state index in [9.17, 15) is 14.7 Å². The summed E-state index contributed by atoms with van der Waals surface area (Å²) in [6.45, 7) is 27.8. The molecule has 0 saturated carbocycles. The molecule has 0 aromatic heterocycles. The number of aldehydes is 2. The van der Waals surface area contributed by atoms with Gasteiger partial charge < -0.3 is 24.2 Å². The van der Waals surface area contributed by atoms with E-state index in [1.807, 2.05) is 12.1 Å². The van der Waals surface area contributed by atoms with E-state index in [-0.39, 0.29) is 21.7 Å². The van der Waals surface area contributed by atoms with Crippen molar-refractivity contribution in [3.63, 3.8) is 0 Å². The lowest BCUT2D eigenvalue weighted by Gasteiger charge is -2.28. The number of hydrogen-bond acceptors (Lipinski definition) is 5. The summed E-state index contributed by atoms with van der Waals surface area (Å²) in [6.07, 6.45) is 9.54. The first kappa shape index (κ1) is 44.5. The molecule has 0 fully saturated rings. The standard InChI is InChI=1S/C17H26O2.C17H26O.C8H18O2/c1-16(2,3)13-10-12(8-7-9-18)11-14(15(13)19)17(4,5)6;1-16(2,3)14-10-13(8-7-9-18)11-15(12-14)17(4,5)6;1-9-7-5-3-4-6-8-10-2/h9-11,19H,7-8H2,1-6H3;9-12H,7-8H2,1-6H3;3-8H2,1-2H3. The first-order valence-corrected chi connectivity index (χ1v) is 17.5. The normalized spacial score (nSPS) is 12.0. The molecule has 0 aliphatic heterocycles. The summed E-state index contributed by atoms with van der Waals surface area (Å²) in [5.41, 5.74) is 7.11. The second-order valence-electron chi connectivity index (χ2n) is 16.8. The van der Waals surface area contributed by atoms with Crippen molar-refractivity contribution in [3.05, 3.63) is 63.7 Å². The number of hydrogen-bond donors (Lipinski definition) is 1. The van der Waals surface area contributed by atoms with E-state index in [1.54, 1.807) is 14.2 Å². The molecule has 2 aromatic carbocycles. The van der Waals surface area contributed by atoms with Crippen LogP contribution < -0.4 is 0 Å². The van der Waals surface area contributed by atoms with Crippen LogP contribution in [0.25, 0.3) is 0 Å². The summed E-state index contributed by atoms with van der Waals surface area (Å²) in [7, 11) is 3.49. The summed E-state index contributed by atoms with van der Waals surface area (Å²) in [4.78, 5) is 21.1. The van der Waals surface area contributed by atoms with Crippen molar-refractivity contribution in [1.29, 1.82) is 0 Å². The largest absolute Gasteiger partial charge is 0.507 e. The van der Waals surface area contributed by atoms with Crippen LogP contribution >= 0.6 is 0 Å². The molecule has 0 aliphatic rings. The number of carbonyl (C=O) groups is 2. The monoisotopic (exact) mass is 655 g/mol. The Morgan fingerprint density at radius 3 is 1.15 bits per heavy atom. The predicted octanol–water partition coefficient (Wildman–Crippen LogP) is 10.4. The van der Waals surface area contributed by atoms with Gasteiger partial charge in [-0.15, -0.1) is 0 Å². The topological polar surface area (TPSA) is 72.8 Å². The number of rotatable bonds is 13. The van der Waals surface area contributed by atoms with Crippen molar-refractivity contribution in [1.82, 2.24) is 0 Å². The highest BCUT2D eigenvalue weighted by Crippen LogP contribution is 2.40. The Balaban J connectivity index is 0.000000710. The van der Waals surface area contributed by atoms with Crippen LogP contribution in [0.5, 0.6) is 5.75 Å². The van der Waals surface area contributed by atoms with Crippen LogP contribution in [-0.2, 0) is 53.6 Å². The first-order valence-electron chi connectivity index (χ1n) is 17.5. The zero-order chi connectivity index (χ0) is 36.5. The van der Waals surface area contributed by atoms with E-state index in [0.29, 0.717) is 18.6 Å². The minimum atomic E-state index is -0.110.